The van der Waals surface area contributed by atoms with Gasteiger partial charge in [-0.3, -0.25) is 0 Å². The Kier molecular flexibility index (Phi) is 8.52. The number of rotatable bonds is 11. The lowest BCUT2D eigenvalue weighted by Gasteiger charge is -2.26. The number of unbranched alkanes of at least 4 members (excludes halogenated alkanes) is 7. The highest BCUT2D eigenvalue weighted by atomic mass is 16.5. The highest BCUT2D eigenvalue weighted by Crippen LogP contribution is 2.25. The van der Waals surface area contributed by atoms with Crippen molar-refractivity contribution in [3.05, 3.63) is 29.3 Å². The molecule has 1 aromatic carbocycles. The molecule has 0 heterocycles. The van der Waals surface area contributed by atoms with Gasteiger partial charge >= 0.3 is 0 Å². The molecule has 0 aromatic heterocycles. The molecule has 1 N–H and O–H groups in total. The van der Waals surface area contributed by atoms with Crippen LogP contribution in [0.4, 0.5) is 0 Å². The molecular weight excluding hydrogens is 282 g/mol. The zero-order chi connectivity index (χ0) is 16.3. The summed E-state index contributed by atoms with van der Waals surface area (Å²) in [7, 11) is 1.75. The zero-order valence-electron chi connectivity index (χ0n) is 15.2. The summed E-state index contributed by atoms with van der Waals surface area (Å²) in [4.78, 5) is 0. The van der Waals surface area contributed by atoms with Crippen LogP contribution in [0.2, 0.25) is 0 Å². The van der Waals surface area contributed by atoms with Gasteiger partial charge in [0, 0.05) is 6.04 Å². The van der Waals surface area contributed by atoms with Crippen LogP contribution in [0.5, 0.6) is 5.75 Å². The van der Waals surface area contributed by atoms with Crippen LogP contribution in [0.1, 0.15) is 75.8 Å². The van der Waals surface area contributed by atoms with E-state index in [1.165, 1.54) is 88.3 Å². The Morgan fingerprint density at radius 3 is 2.48 bits per heavy atom. The number of benzene rings is 1. The van der Waals surface area contributed by atoms with Crippen LogP contribution < -0.4 is 10.1 Å². The van der Waals surface area contributed by atoms with E-state index in [0.29, 0.717) is 6.04 Å². The summed E-state index contributed by atoms with van der Waals surface area (Å²) in [6, 6.07) is 7.22. The number of ether oxygens (including phenoxy) is 1. The lowest BCUT2D eigenvalue weighted by Crippen LogP contribution is -2.35. The first-order chi connectivity index (χ1) is 11.3. The Hall–Kier alpha value is -1.02. The van der Waals surface area contributed by atoms with Gasteiger partial charge in [0.15, 0.2) is 0 Å². The molecule has 1 unspecified atom stereocenters. The third-order valence-corrected chi connectivity index (χ3v) is 5.11. The quantitative estimate of drug-likeness (QED) is 0.560. The Morgan fingerprint density at radius 2 is 1.74 bits per heavy atom. The van der Waals surface area contributed by atoms with E-state index in [1.54, 1.807) is 7.11 Å². The molecule has 0 radical (unpaired) electrons. The average molecular weight is 318 g/mol. The molecule has 0 amide bonds. The first kappa shape index (κ1) is 18.3. The molecule has 1 atom stereocenters. The van der Waals surface area contributed by atoms with Crippen molar-refractivity contribution in [3.8, 4) is 5.75 Å². The third kappa shape index (κ3) is 6.55. The smallest absolute Gasteiger partial charge is 0.119 e. The predicted molar refractivity (Wildman–Crippen MR) is 99.4 cm³/mol. The number of hydrogen-bond acceptors (Lipinski definition) is 2. The lowest BCUT2D eigenvalue weighted by atomic mass is 9.88. The average Bonchev–Trinajstić information content (AvgIpc) is 2.59. The van der Waals surface area contributed by atoms with Gasteiger partial charge in [-0.15, -0.1) is 0 Å². The van der Waals surface area contributed by atoms with Crippen molar-refractivity contribution >= 4 is 0 Å². The fourth-order valence-corrected chi connectivity index (χ4v) is 3.60. The lowest BCUT2D eigenvalue weighted by molar-refractivity contribution is 0.411. The number of hydrogen-bond donors (Lipinski definition) is 1. The van der Waals surface area contributed by atoms with E-state index in [-0.39, 0.29) is 0 Å². The second-order valence-corrected chi connectivity index (χ2v) is 7.00. The molecule has 1 aliphatic rings. The van der Waals surface area contributed by atoms with Gasteiger partial charge < -0.3 is 10.1 Å². The highest BCUT2D eigenvalue weighted by Gasteiger charge is 2.18. The molecule has 1 aliphatic carbocycles. The molecule has 2 heteroatoms. The Morgan fingerprint density at radius 1 is 1.00 bits per heavy atom. The van der Waals surface area contributed by atoms with Crippen LogP contribution in [0, 0.1) is 0 Å². The molecule has 0 fully saturated rings. The van der Waals surface area contributed by atoms with Crippen LogP contribution >= 0.6 is 0 Å². The first-order valence-electron chi connectivity index (χ1n) is 9.72. The van der Waals surface area contributed by atoms with Crippen molar-refractivity contribution in [1.82, 2.24) is 5.32 Å². The SMILES string of the molecule is CCCCCCCCCCNC1CCc2cc(OC)ccc2C1. The normalized spacial score (nSPS) is 17.0. The summed E-state index contributed by atoms with van der Waals surface area (Å²) in [5.74, 6) is 0.995. The van der Waals surface area contributed by atoms with Gasteiger partial charge in [-0.05, 0) is 55.5 Å². The monoisotopic (exact) mass is 317 g/mol. The second kappa shape index (κ2) is 10.7. The second-order valence-electron chi connectivity index (χ2n) is 7.00. The van der Waals surface area contributed by atoms with Gasteiger partial charge in [-0.1, -0.05) is 57.9 Å². The standard InChI is InChI=1S/C21H35NO/c1-3-4-5-6-7-8-9-10-15-22-20-13-11-19-17-21(23-2)14-12-18(19)16-20/h12,14,17,20,22H,3-11,13,15-16H2,1-2H3. The van der Waals surface area contributed by atoms with Crippen LogP contribution in [0.25, 0.3) is 0 Å². The van der Waals surface area contributed by atoms with Crippen molar-refractivity contribution in [1.29, 1.82) is 0 Å². The fraction of sp³-hybridized carbons (Fsp3) is 0.714. The van der Waals surface area contributed by atoms with E-state index in [2.05, 4.69) is 30.4 Å². The van der Waals surface area contributed by atoms with Crippen molar-refractivity contribution < 1.29 is 4.74 Å². The Bertz CT molecular complexity index is 443. The van der Waals surface area contributed by atoms with Crippen molar-refractivity contribution in [2.24, 2.45) is 0 Å². The summed E-state index contributed by atoms with van der Waals surface area (Å²) in [6.45, 7) is 3.47. The minimum atomic E-state index is 0.667. The molecule has 0 spiro atoms. The molecule has 23 heavy (non-hydrogen) atoms. The molecule has 1 aromatic rings. The minimum absolute atomic E-state index is 0.667. The van der Waals surface area contributed by atoms with Gasteiger partial charge in [-0.25, -0.2) is 0 Å². The maximum absolute atomic E-state index is 5.32. The maximum Gasteiger partial charge on any atom is 0.119 e. The van der Waals surface area contributed by atoms with E-state index in [9.17, 15) is 0 Å². The van der Waals surface area contributed by atoms with Gasteiger partial charge in [-0.2, -0.15) is 0 Å². The molecule has 0 bridgehead atoms. The molecule has 2 nitrogen and oxygen atoms in total. The molecule has 0 saturated carbocycles. The van der Waals surface area contributed by atoms with Crippen molar-refractivity contribution in [3.63, 3.8) is 0 Å². The first-order valence-corrected chi connectivity index (χ1v) is 9.72. The summed E-state index contributed by atoms with van der Waals surface area (Å²) < 4.78 is 5.32. The van der Waals surface area contributed by atoms with Gasteiger partial charge in [0.05, 0.1) is 7.11 Å². The number of fused-ring (bicyclic) bond motifs is 1. The fourth-order valence-electron chi connectivity index (χ4n) is 3.60. The van der Waals surface area contributed by atoms with Gasteiger partial charge in [0.2, 0.25) is 0 Å². The van der Waals surface area contributed by atoms with Crippen LogP contribution in [-0.4, -0.2) is 19.7 Å². The Labute approximate surface area is 143 Å². The number of aryl methyl sites for hydroxylation is 1. The molecular formula is C21H35NO. The van der Waals surface area contributed by atoms with Crippen molar-refractivity contribution in [2.75, 3.05) is 13.7 Å². The van der Waals surface area contributed by atoms with Gasteiger partial charge in [0.25, 0.3) is 0 Å². The topological polar surface area (TPSA) is 21.3 Å². The summed E-state index contributed by atoms with van der Waals surface area (Å²) in [5.41, 5.74) is 2.99. The van der Waals surface area contributed by atoms with Gasteiger partial charge in [0.1, 0.15) is 5.75 Å². The molecule has 130 valence electrons. The molecule has 2 rings (SSSR count). The summed E-state index contributed by atoms with van der Waals surface area (Å²) >= 11 is 0. The van der Waals surface area contributed by atoms with Crippen LogP contribution in [0.3, 0.4) is 0 Å². The number of methoxy groups -OCH3 is 1. The van der Waals surface area contributed by atoms with E-state index >= 15 is 0 Å². The van der Waals surface area contributed by atoms with Crippen LogP contribution in [0.15, 0.2) is 18.2 Å². The predicted octanol–water partition coefficient (Wildman–Crippen LogP) is 5.28. The van der Waals surface area contributed by atoms with E-state index in [0.717, 1.165) is 5.75 Å². The van der Waals surface area contributed by atoms with E-state index in [1.807, 2.05) is 0 Å². The third-order valence-electron chi connectivity index (χ3n) is 5.11. The summed E-state index contributed by atoms with van der Waals surface area (Å²) in [5, 5.41) is 3.77. The highest BCUT2D eigenvalue weighted by molar-refractivity contribution is 5.37. The maximum atomic E-state index is 5.32. The van der Waals surface area contributed by atoms with E-state index < -0.39 is 0 Å². The number of nitrogens with one attached hydrogen (secondary N) is 1. The minimum Gasteiger partial charge on any atom is -0.497 e. The zero-order valence-corrected chi connectivity index (χ0v) is 15.2. The van der Waals surface area contributed by atoms with Crippen LogP contribution in [-0.2, 0) is 12.8 Å². The molecule has 0 saturated heterocycles. The largest absolute Gasteiger partial charge is 0.497 e. The molecule has 0 aliphatic heterocycles. The van der Waals surface area contributed by atoms with Crippen molar-refractivity contribution in [2.45, 2.75) is 83.6 Å². The van der Waals surface area contributed by atoms with E-state index in [4.69, 9.17) is 4.74 Å². The summed E-state index contributed by atoms with van der Waals surface area (Å²) in [6.07, 6.45) is 14.8. The Balaban J connectivity index is 1.55.